The molecule has 0 radical (unpaired) electrons. The maximum atomic E-state index is 13.1. The van der Waals surface area contributed by atoms with Gasteiger partial charge in [-0.15, -0.1) is 0 Å². The Labute approximate surface area is 196 Å². The number of thioether (sulfide) groups is 1. The monoisotopic (exact) mass is 471 g/mol. The fraction of sp³-hybridized carbons (Fsp3) is 0.250. The molecule has 0 aliphatic carbocycles. The van der Waals surface area contributed by atoms with Crippen LogP contribution in [-0.2, 0) is 14.3 Å². The number of aromatic hydroxyl groups is 1. The van der Waals surface area contributed by atoms with Crippen molar-refractivity contribution in [2.45, 2.75) is 13.8 Å². The molecule has 9 heteroatoms. The molecule has 1 aliphatic rings. The van der Waals surface area contributed by atoms with E-state index in [2.05, 4.69) is 5.32 Å². The molecule has 0 amide bonds. The highest BCUT2D eigenvalue weighted by molar-refractivity contribution is 8.08. The molecule has 0 saturated carbocycles. The van der Waals surface area contributed by atoms with E-state index in [4.69, 9.17) is 18.9 Å². The minimum Gasteiger partial charge on any atom is -0.504 e. The van der Waals surface area contributed by atoms with Gasteiger partial charge in [-0.1, -0.05) is 23.9 Å². The number of methoxy groups -OCH3 is 2. The quantitative estimate of drug-likeness (QED) is 0.314. The van der Waals surface area contributed by atoms with Gasteiger partial charge in [-0.25, -0.2) is 4.79 Å². The number of rotatable bonds is 9. The molecule has 174 valence electrons. The van der Waals surface area contributed by atoms with Crippen molar-refractivity contribution in [3.63, 3.8) is 0 Å². The fourth-order valence-electron chi connectivity index (χ4n) is 3.12. The first-order valence-corrected chi connectivity index (χ1v) is 11.0. The fourth-order valence-corrected chi connectivity index (χ4v) is 4.17. The predicted molar refractivity (Wildman–Crippen MR) is 127 cm³/mol. The Balaban J connectivity index is 1.98. The molecule has 1 aliphatic heterocycles. The molecule has 33 heavy (non-hydrogen) atoms. The number of carbonyl (C=O) groups excluding carboxylic acids is 2. The van der Waals surface area contributed by atoms with Gasteiger partial charge < -0.3 is 29.4 Å². The predicted octanol–water partition coefficient (Wildman–Crippen LogP) is 4.35. The lowest BCUT2D eigenvalue weighted by molar-refractivity contribution is -0.139. The average molecular weight is 472 g/mol. The second-order valence-electron chi connectivity index (χ2n) is 6.69. The Kier molecular flexibility index (Phi) is 7.89. The number of phenols is 1. The van der Waals surface area contributed by atoms with Gasteiger partial charge in [0.2, 0.25) is 5.78 Å². The SMILES string of the molecule is CCOC(=O)C1=C(Nc2ccc(OC)c(OC)c2)SC(=Cc2cccc(OCC)c2O)C1=O. The number of para-hydroxylation sites is 1. The Bertz CT molecular complexity index is 1120. The zero-order valence-corrected chi connectivity index (χ0v) is 19.6. The number of ether oxygens (including phenoxy) is 4. The number of ketones is 1. The first-order valence-electron chi connectivity index (χ1n) is 10.2. The highest BCUT2D eigenvalue weighted by Crippen LogP contribution is 2.42. The molecular weight excluding hydrogens is 446 g/mol. The molecule has 0 unspecified atom stereocenters. The summed E-state index contributed by atoms with van der Waals surface area (Å²) in [5.41, 5.74) is 0.878. The van der Waals surface area contributed by atoms with Crippen molar-refractivity contribution in [1.82, 2.24) is 0 Å². The molecule has 2 N–H and O–H groups in total. The maximum Gasteiger partial charge on any atom is 0.344 e. The van der Waals surface area contributed by atoms with Crippen molar-refractivity contribution in [1.29, 1.82) is 0 Å². The Morgan fingerprint density at radius 3 is 2.48 bits per heavy atom. The number of allylic oxidation sites excluding steroid dienone is 1. The van der Waals surface area contributed by atoms with Crippen LogP contribution >= 0.6 is 11.8 Å². The van der Waals surface area contributed by atoms with Crippen LogP contribution in [-0.4, -0.2) is 44.3 Å². The molecule has 0 bridgehead atoms. The third-order valence-electron chi connectivity index (χ3n) is 4.63. The molecule has 2 aromatic carbocycles. The van der Waals surface area contributed by atoms with Crippen LogP contribution in [0.5, 0.6) is 23.0 Å². The smallest absolute Gasteiger partial charge is 0.344 e. The Hall–Kier alpha value is -3.59. The first-order chi connectivity index (χ1) is 15.9. The largest absolute Gasteiger partial charge is 0.504 e. The first kappa shape index (κ1) is 24.1. The van der Waals surface area contributed by atoms with Crippen molar-refractivity contribution >= 4 is 35.3 Å². The highest BCUT2D eigenvalue weighted by atomic mass is 32.2. The van der Waals surface area contributed by atoms with Crippen molar-refractivity contribution in [3.8, 4) is 23.0 Å². The normalized spacial score (nSPS) is 14.4. The van der Waals surface area contributed by atoms with Gasteiger partial charge in [-0.2, -0.15) is 0 Å². The second-order valence-corrected chi connectivity index (χ2v) is 7.74. The van der Waals surface area contributed by atoms with Crippen molar-refractivity contribution in [2.75, 3.05) is 32.8 Å². The summed E-state index contributed by atoms with van der Waals surface area (Å²) in [4.78, 5) is 26.0. The molecule has 0 aromatic heterocycles. The molecule has 1 heterocycles. The molecule has 2 aromatic rings. The Morgan fingerprint density at radius 1 is 1.06 bits per heavy atom. The molecule has 0 saturated heterocycles. The molecule has 8 nitrogen and oxygen atoms in total. The van der Waals surface area contributed by atoms with Crippen LogP contribution in [0.2, 0.25) is 0 Å². The number of anilines is 1. The summed E-state index contributed by atoms with van der Waals surface area (Å²) in [6.07, 6.45) is 1.52. The number of carbonyl (C=O) groups is 2. The lowest BCUT2D eigenvalue weighted by atomic mass is 10.1. The van der Waals surface area contributed by atoms with E-state index in [-0.39, 0.29) is 22.8 Å². The van der Waals surface area contributed by atoms with E-state index in [1.54, 1.807) is 43.3 Å². The van der Waals surface area contributed by atoms with Gasteiger partial charge >= 0.3 is 5.97 Å². The van der Waals surface area contributed by atoms with Crippen LogP contribution in [0.15, 0.2) is 51.9 Å². The summed E-state index contributed by atoms with van der Waals surface area (Å²) in [5, 5.41) is 13.9. The summed E-state index contributed by atoms with van der Waals surface area (Å²) >= 11 is 1.08. The molecule has 0 spiro atoms. The number of nitrogens with one attached hydrogen (secondary N) is 1. The van der Waals surface area contributed by atoms with Gasteiger partial charge in [0, 0.05) is 17.3 Å². The van der Waals surface area contributed by atoms with E-state index >= 15 is 0 Å². The number of esters is 1. The topological polar surface area (TPSA) is 103 Å². The minimum absolute atomic E-state index is 0.0840. The summed E-state index contributed by atoms with van der Waals surface area (Å²) in [6.45, 7) is 3.98. The maximum absolute atomic E-state index is 13.1. The van der Waals surface area contributed by atoms with E-state index in [0.29, 0.717) is 40.1 Å². The standard InChI is InChI=1S/C24H25NO7S/c1-5-31-17-9-7-8-14(21(17)26)12-19-22(27)20(24(28)32-6-2)23(33-19)25-15-10-11-16(29-3)18(13-15)30-4/h7-13,25-26H,5-6H2,1-4H3. The Morgan fingerprint density at radius 2 is 1.82 bits per heavy atom. The van der Waals surface area contributed by atoms with Crippen LogP contribution in [0.25, 0.3) is 6.08 Å². The number of hydrogen-bond acceptors (Lipinski definition) is 9. The summed E-state index contributed by atoms with van der Waals surface area (Å²) in [7, 11) is 3.05. The summed E-state index contributed by atoms with van der Waals surface area (Å²) < 4.78 is 21.1. The summed E-state index contributed by atoms with van der Waals surface area (Å²) in [5.74, 6) is 0.0339. The molecule has 3 rings (SSSR count). The molecular formula is C24H25NO7S. The van der Waals surface area contributed by atoms with Gasteiger partial charge in [-0.3, -0.25) is 4.79 Å². The zero-order valence-electron chi connectivity index (χ0n) is 18.8. The number of hydrogen-bond donors (Lipinski definition) is 2. The van der Waals surface area contributed by atoms with Crippen molar-refractivity contribution in [3.05, 3.63) is 57.5 Å². The van der Waals surface area contributed by atoms with Crippen molar-refractivity contribution in [2.24, 2.45) is 0 Å². The van der Waals surface area contributed by atoms with Gasteiger partial charge in [-0.05, 0) is 38.1 Å². The highest BCUT2D eigenvalue weighted by Gasteiger charge is 2.35. The number of phenolic OH excluding ortho intramolecular Hbond substituents is 1. The van der Waals surface area contributed by atoms with E-state index in [1.165, 1.54) is 20.3 Å². The third kappa shape index (κ3) is 5.25. The zero-order chi connectivity index (χ0) is 24.0. The minimum atomic E-state index is -0.728. The lowest BCUT2D eigenvalue weighted by Gasteiger charge is -2.12. The molecule has 0 fully saturated rings. The van der Waals surface area contributed by atoms with Crippen LogP contribution in [0, 0.1) is 0 Å². The lowest BCUT2D eigenvalue weighted by Crippen LogP contribution is -2.16. The van der Waals surface area contributed by atoms with Crippen LogP contribution < -0.4 is 19.5 Å². The average Bonchev–Trinajstić information content (AvgIpc) is 3.11. The van der Waals surface area contributed by atoms with Gasteiger partial charge in [0.05, 0.1) is 37.4 Å². The van der Waals surface area contributed by atoms with Crippen LogP contribution in [0.1, 0.15) is 19.4 Å². The van der Waals surface area contributed by atoms with Crippen molar-refractivity contribution < 1.29 is 33.6 Å². The van der Waals surface area contributed by atoms with Crippen LogP contribution in [0.3, 0.4) is 0 Å². The van der Waals surface area contributed by atoms with Crippen LogP contribution in [0.4, 0.5) is 5.69 Å². The second kappa shape index (κ2) is 10.8. The molecule has 0 atom stereocenters. The van der Waals surface area contributed by atoms with E-state index in [9.17, 15) is 14.7 Å². The summed E-state index contributed by atoms with van der Waals surface area (Å²) in [6, 6.07) is 10.1. The van der Waals surface area contributed by atoms with E-state index in [1.807, 2.05) is 6.92 Å². The number of Topliss-reactive ketones (excluding diaryl/α,β-unsaturated/α-hetero) is 1. The number of benzene rings is 2. The van der Waals surface area contributed by atoms with E-state index < -0.39 is 11.8 Å². The van der Waals surface area contributed by atoms with E-state index in [0.717, 1.165) is 11.8 Å². The third-order valence-corrected chi connectivity index (χ3v) is 5.66. The van der Waals surface area contributed by atoms with Gasteiger partial charge in [0.15, 0.2) is 23.0 Å². The van der Waals surface area contributed by atoms with Gasteiger partial charge in [0.25, 0.3) is 0 Å². The van der Waals surface area contributed by atoms with Gasteiger partial charge in [0.1, 0.15) is 5.57 Å².